The zero-order chi connectivity index (χ0) is 20.0. The second-order valence-electron chi connectivity index (χ2n) is 6.91. The maximum absolute atomic E-state index is 12.6. The Balaban J connectivity index is 1.52. The summed E-state index contributed by atoms with van der Waals surface area (Å²) in [6.45, 7) is 0.959. The van der Waals surface area contributed by atoms with Gasteiger partial charge in [-0.1, -0.05) is 30.3 Å². The number of rotatable bonds is 7. The number of hydrogen-bond donors (Lipinski definition) is 1. The number of carbonyl (C=O) groups is 2. The van der Waals surface area contributed by atoms with Crippen LogP contribution in [-0.4, -0.2) is 47.8 Å². The Hall–Kier alpha value is -2.47. The maximum Gasteiger partial charge on any atom is 0.314 e. The monoisotopic (exact) mass is 399 g/mol. The van der Waals surface area contributed by atoms with E-state index in [2.05, 4.69) is 0 Å². The predicted octanol–water partition coefficient (Wildman–Crippen LogP) is 3.82. The van der Waals surface area contributed by atoms with Crippen molar-refractivity contribution >= 4 is 23.6 Å². The summed E-state index contributed by atoms with van der Waals surface area (Å²) in [5, 5.41) is 9.86. The third-order valence-corrected chi connectivity index (χ3v) is 6.36. The fraction of sp³-hybridized carbons (Fsp3) is 0.364. The van der Waals surface area contributed by atoms with E-state index >= 15 is 0 Å². The highest BCUT2D eigenvalue weighted by atomic mass is 32.2. The summed E-state index contributed by atoms with van der Waals surface area (Å²) in [7, 11) is 1.64. The minimum atomic E-state index is -0.893. The van der Waals surface area contributed by atoms with Crippen molar-refractivity contribution in [2.45, 2.75) is 29.6 Å². The van der Waals surface area contributed by atoms with Crippen molar-refractivity contribution in [1.82, 2.24) is 4.90 Å². The predicted molar refractivity (Wildman–Crippen MR) is 110 cm³/mol. The van der Waals surface area contributed by atoms with E-state index in [4.69, 9.17) is 4.74 Å². The molecule has 0 atom stereocenters. The normalized spacial score (nSPS) is 15.8. The summed E-state index contributed by atoms with van der Waals surface area (Å²) in [6.07, 6.45) is 1.34. The molecule has 0 radical (unpaired) electrons. The van der Waals surface area contributed by atoms with E-state index in [1.807, 2.05) is 54.6 Å². The third kappa shape index (κ3) is 4.50. The zero-order valence-corrected chi connectivity index (χ0v) is 16.8. The molecule has 0 spiro atoms. The fourth-order valence-electron chi connectivity index (χ4n) is 3.61. The smallest absolute Gasteiger partial charge is 0.314 e. The molecule has 2 aromatic carbocycles. The van der Waals surface area contributed by atoms with Crippen LogP contribution < -0.4 is 4.74 Å². The molecule has 148 valence electrons. The van der Waals surface area contributed by atoms with Crippen molar-refractivity contribution < 1.29 is 19.4 Å². The van der Waals surface area contributed by atoms with Crippen molar-refractivity contribution in [3.05, 3.63) is 60.2 Å². The summed E-state index contributed by atoms with van der Waals surface area (Å²) >= 11 is 1.64. The topological polar surface area (TPSA) is 66.8 Å². The molecule has 6 heteroatoms. The maximum atomic E-state index is 12.6. The molecule has 3 rings (SSSR count). The fourth-order valence-corrected chi connectivity index (χ4v) is 4.45. The molecule has 28 heavy (non-hydrogen) atoms. The first-order chi connectivity index (χ1) is 13.5. The van der Waals surface area contributed by atoms with Gasteiger partial charge in [-0.15, -0.1) is 11.8 Å². The standard InChI is InChI=1S/C22H25NO4S/c1-27-18-7-9-19(10-8-18)28-16-11-20(24)23-14-12-22(13-15-23,21(25)26)17-5-3-2-4-6-17/h2-10H,11-16H2,1H3,(H,25,26). The van der Waals surface area contributed by atoms with Crippen LogP contribution in [0.3, 0.4) is 0 Å². The van der Waals surface area contributed by atoms with Gasteiger partial charge in [-0.2, -0.15) is 0 Å². The van der Waals surface area contributed by atoms with Gasteiger partial charge >= 0.3 is 5.97 Å². The highest BCUT2D eigenvalue weighted by Gasteiger charge is 2.43. The molecule has 0 unspecified atom stereocenters. The summed E-state index contributed by atoms with van der Waals surface area (Å²) in [4.78, 5) is 27.5. The SMILES string of the molecule is COc1ccc(SCCC(=O)N2CCC(C(=O)O)(c3ccccc3)CC2)cc1. The van der Waals surface area contributed by atoms with Crippen LogP contribution in [-0.2, 0) is 15.0 Å². The number of nitrogens with zero attached hydrogens (tertiary/aromatic N) is 1. The molecule has 1 aliphatic rings. The van der Waals surface area contributed by atoms with Crippen molar-refractivity contribution in [2.24, 2.45) is 0 Å². The number of ether oxygens (including phenoxy) is 1. The number of hydrogen-bond acceptors (Lipinski definition) is 4. The third-order valence-electron chi connectivity index (χ3n) is 5.35. The van der Waals surface area contributed by atoms with Gasteiger partial charge in [-0.3, -0.25) is 9.59 Å². The van der Waals surface area contributed by atoms with Crippen LogP contribution >= 0.6 is 11.8 Å². The molecular weight excluding hydrogens is 374 g/mol. The van der Waals surface area contributed by atoms with E-state index < -0.39 is 11.4 Å². The summed E-state index contributed by atoms with van der Waals surface area (Å²) in [5.74, 6) is 0.799. The molecule has 1 aliphatic heterocycles. The largest absolute Gasteiger partial charge is 0.497 e. The van der Waals surface area contributed by atoms with E-state index in [1.54, 1.807) is 23.8 Å². The van der Waals surface area contributed by atoms with E-state index in [0.717, 1.165) is 16.2 Å². The van der Waals surface area contributed by atoms with Gasteiger partial charge in [-0.05, 0) is 42.7 Å². The van der Waals surface area contributed by atoms with Crippen molar-refractivity contribution in [1.29, 1.82) is 0 Å². The summed E-state index contributed by atoms with van der Waals surface area (Å²) < 4.78 is 5.14. The van der Waals surface area contributed by atoms with Gasteiger partial charge in [0.05, 0.1) is 12.5 Å². The lowest BCUT2D eigenvalue weighted by molar-refractivity contribution is -0.148. The lowest BCUT2D eigenvalue weighted by Crippen LogP contribution is -2.49. The molecule has 0 aliphatic carbocycles. The Morgan fingerprint density at radius 3 is 2.29 bits per heavy atom. The number of thioether (sulfide) groups is 1. The Kier molecular flexibility index (Phi) is 6.62. The van der Waals surface area contributed by atoms with Crippen molar-refractivity contribution in [3.63, 3.8) is 0 Å². The van der Waals surface area contributed by atoms with Crippen molar-refractivity contribution in [2.75, 3.05) is 26.0 Å². The average molecular weight is 400 g/mol. The van der Waals surface area contributed by atoms with Crippen LogP contribution in [0.2, 0.25) is 0 Å². The number of carboxylic acids is 1. The van der Waals surface area contributed by atoms with Gasteiger partial charge in [0, 0.05) is 30.2 Å². The Bertz CT molecular complexity index is 799. The molecule has 5 nitrogen and oxygen atoms in total. The van der Waals surface area contributed by atoms with E-state index in [0.29, 0.717) is 38.1 Å². The number of likely N-dealkylation sites (tertiary alicyclic amines) is 1. The molecule has 1 saturated heterocycles. The minimum Gasteiger partial charge on any atom is -0.497 e. The molecule has 0 aromatic heterocycles. The lowest BCUT2D eigenvalue weighted by atomic mass is 9.73. The van der Waals surface area contributed by atoms with Crippen LogP contribution in [0.4, 0.5) is 0 Å². The van der Waals surface area contributed by atoms with Gasteiger partial charge in [-0.25, -0.2) is 0 Å². The Morgan fingerprint density at radius 2 is 1.71 bits per heavy atom. The van der Waals surface area contributed by atoms with E-state index in [-0.39, 0.29) is 5.91 Å². The zero-order valence-electron chi connectivity index (χ0n) is 16.0. The van der Waals surface area contributed by atoms with Gasteiger partial charge in [0.15, 0.2) is 0 Å². The number of amides is 1. The number of piperidine rings is 1. The number of carbonyl (C=O) groups excluding carboxylic acids is 1. The second kappa shape index (κ2) is 9.15. The summed E-state index contributed by atoms with van der Waals surface area (Å²) in [6, 6.07) is 17.1. The molecule has 1 N–H and O–H groups in total. The highest BCUT2D eigenvalue weighted by Crippen LogP contribution is 2.36. The average Bonchev–Trinajstić information content (AvgIpc) is 2.74. The number of benzene rings is 2. The molecule has 1 amide bonds. The number of carboxylic acid groups (broad SMARTS) is 1. The first-order valence-corrected chi connectivity index (χ1v) is 10.4. The molecule has 0 saturated carbocycles. The molecule has 2 aromatic rings. The van der Waals surface area contributed by atoms with Gasteiger partial charge in [0.25, 0.3) is 0 Å². The quantitative estimate of drug-likeness (QED) is 0.717. The van der Waals surface area contributed by atoms with Crippen molar-refractivity contribution in [3.8, 4) is 5.75 Å². The molecule has 1 fully saturated rings. The van der Waals surface area contributed by atoms with Crippen LogP contribution in [0.1, 0.15) is 24.8 Å². The summed E-state index contributed by atoms with van der Waals surface area (Å²) in [5.41, 5.74) is -0.0692. The van der Waals surface area contributed by atoms with E-state index in [1.165, 1.54) is 0 Å². The van der Waals surface area contributed by atoms with Crippen LogP contribution in [0.25, 0.3) is 0 Å². The van der Waals surface area contributed by atoms with Gasteiger partial charge in [0.1, 0.15) is 5.75 Å². The number of methoxy groups -OCH3 is 1. The first kappa shape index (κ1) is 20.3. The van der Waals surface area contributed by atoms with Crippen LogP contribution in [0.5, 0.6) is 5.75 Å². The van der Waals surface area contributed by atoms with E-state index in [9.17, 15) is 14.7 Å². The van der Waals surface area contributed by atoms with Crippen LogP contribution in [0, 0.1) is 0 Å². The van der Waals surface area contributed by atoms with Crippen LogP contribution in [0.15, 0.2) is 59.5 Å². The molecular formula is C22H25NO4S. The van der Waals surface area contributed by atoms with Gasteiger partial charge in [0.2, 0.25) is 5.91 Å². The Morgan fingerprint density at radius 1 is 1.07 bits per heavy atom. The first-order valence-electron chi connectivity index (χ1n) is 9.39. The Labute approximate surface area is 169 Å². The van der Waals surface area contributed by atoms with Gasteiger partial charge < -0.3 is 14.7 Å². The molecule has 0 bridgehead atoms. The number of aliphatic carboxylic acids is 1. The highest BCUT2D eigenvalue weighted by molar-refractivity contribution is 7.99. The minimum absolute atomic E-state index is 0.0908. The molecule has 1 heterocycles. The second-order valence-corrected chi connectivity index (χ2v) is 8.08. The lowest BCUT2D eigenvalue weighted by Gasteiger charge is -2.39.